The highest BCUT2D eigenvalue weighted by Crippen LogP contribution is 2.35. The van der Waals surface area contributed by atoms with Crippen molar-refractivity contribution in [2.45, 2.75) is 32.2 Å². The first-order valence-corrected chi connectivity index (χ1v) is 7.33. The van der Waals surface area contributed by atoms with E-state index in [1.807, 2.05) is 0 Å². The van der Waals surface area contributed by atoms with Crippen molar-refractivity contribution in [3.63, 3.8) is 0 Å². The minimum Gasteiger partial charge on any atom is -0.360 e. The van der Waals surface area contributed by atoms with Crippen molar-refractivity contribution in [1.29, 1.82) is 0 Å². The van der Waals surface area contributed by atoms with Crippen LogP contribution in [-0.4, -0.2) is 41.6 Å². The van der Waals surface area contributed by atoms with Crippen molar-refractivity contribution in [2.24, 2.45) is 17.6 Å². The van der Waals surface area contributed by atoms with E-state index in [2.05, 4.69) is 15.4 Å². The highest BCUT2D eigenvalue weighted by Gasteiger charge is 2.38. The Morgan fingerprint density at radius 1 is 1.55 bits per heavy atom. The lowest BCUT2D eigenvalue weighted by Crippen LogP contribution is -2.38. The molecule has 3 atom stereocenters. The molecule has 1 amide bonds. The van der Waals surface area contributed by atoms with Gasteiger partial charge in [0.05, 0.1) is 6.54 Å². The van der Waals surface area contributed by atoms with Crippen LogP contribution >= 0.6 is 0 Å². The number of amides is 1. The number of fused-ring (bicyclic) bond motifs is 1. The van der Waals surface area contributed by atoms with E-state index in [0.717, 1.165) is 19.5 Å². The number of rotatable bonds is 3. The molecule has 3 rings (SSSR count). The van der Waals surface area contributed by atoms with E-state index in [1.54, 1.807) is 13.0 Å². The molecule has 2 aliphatic rings. The second kappa shape index (κ2) is 5.54. The normalized spacial score (nSPS) is 30.2. The summed E-state index contributed by atoms with van der Waals surface area (Å²) in [6, 6.07) is 2.03. The van der Waals surface area contributed by atoms with Crippen LogP contribution in [0.1, 0.15) is 25.0 Å². The second-order valence-electron chi connectivity index (χ2n) is 6.08. The Kier molecular flexibility index (Phi) is 3.76. The van der Waals surface area contributed by atoms with Gasteiger partial charge in [-0.15, -0.1) is 0 Å². The summed E-state index contributed by atoms with van der Waals surface area (Å²) in [4.78, 5) is 14.2. The monoisotopic (exact) mass is 278 g/mol. The molecule has 0 spiro atoms. The van der Waals surface area contributed by atoms with E-state index >= 15 is 0 Å². The maximum absolute atomic E-state index is 12.0. The molecule has 0 radical (unpaired) electrons. The van der Waals surface area contributed by atoms with Gasteiger partial charge in [-0.1, -0.05) is 11.6 Å². The molecular formula is C14H22N4O2. The number of nitrogens with one attached hydrogen (secondary N) is 1. The maximum Gasteiger partial charge on any atom is 0.239 e. The Morgan fingerprint density at radius 3 is 3.10 bits per heavy atom. The number of nitrogens with zero attached hydrogens (tertiary/aromatic N) is 2. The number of hydrogen-bond donors (Lipinski definition) is 2. The van der Waals surface area contributed by atoms with Gasteiger partial charge in [0, 0.05) is 25.2 Å². The summed E-state index contributed by atoms with van der Waals surface area (Å²) in [5.41, 5.74) is 6.19. The average molecular weight is 278 g/mol. The Bertz CT molecular complexity index is 487. The molecule has 2 fully saturated rings. The molecule has 1 aromatic heterocycles. The summed E-state index contributed by atoms with van der Waals surface area (Å²) < 4.78 is 4.93. The molecule has 1 saturated heterocycles. The zero-order chi connectivity index (χ0) is 14.1. The molecule has 6 heteroatoms. The first-order valence-electron chi connectivity index (χ1n) is 7.33. The first kappa shape index (κ1) is 13.6. The quantitative estimate of drug-likeness (QED) is 0.861. The maximum atomic E-state index is 12.0. The molecule has 1 aliphatic heterocycles. The zero-order valence-corrected chi connectivity index (χ0v) is 11.8. The fourth-order valence-electron chi connectivity index (χ4n) is 3.55. The van der Waals surface area contributed by atoms with E-state index in [-0.39, 0.29) is 5.91 Å². The summed E-state index contributed by atoms with van der Waals surface area (Å²) in [7, 11) is 0. The van der Waals surface area contributed by atoms with Gasteiger partial charge in [0.15, 0.2) is 5.82 Å². The fraction of sp³-hybridized carbons (Fsp3) is 0.714. The molecule has 3 N–H and O–H groups in total. The van der Waals surface area contributed by atoms with Crippen LogP contribution in [0.2, 0.25) is 0 Å². The molecule has 3 unspecified atom stereocenters. The van der Waals surface area contributed by atoms with Gasteiger partial charge in [0.1, 0.15) is 5.76 Å². The topological polar surface area (TPSA) is 84.4 Å². The molecule has 6 nitrogen and oxygen atoms in total. The summed E-state index contributed by atoms with van der Waals surface area (Å²) in [5.74, 6) is 2.37. The van der Waals surface area contributed by atoms with Crippen molar-refractivity contribution >= 4 is 11.7 Å². The highest BCUT2D eigenvalue weighted by molar-refractivity contribution is 5.91. The van der Waals surface area contributed by atoms with Crippen molar-refractivity contribution in [3.8, 4) is 0 Å². The van der Waals surface area contributed by atoms with E-state index in [0.29, 0.717) is 36.0 Å². The Balaban J connectivity index is 1.52. The summed E-state index contributed by atoms with van der Waals surface area (Å²) >= 11 is 0. The van der Waals surface area contributed by atoms with Crippen molar-refractivity contribution in [1.82, 2.24) is 10.1 Å². The highest BCUT2D eigenvalue weighted by atomic mass is 16.5. The first-order chi connectivity index (χ1) is 9.61. The Morgan fingerprint density at radius 2 is 2.40 bits per heavy atom. The molecule has 0 bridgehead atoms. The summed E-state index contributed by atoms with van der Waals surface area (Å²) in [6.07, 6.45) is 3.60. The minimum absolute atomic E-state index is 0.0366. The van der Waals surface area contributed by atoms with E-state index in [9.17, 15) is 4.79 Å². The number of carbonyl (C=O) groups excluding carboxylic acids is 1. The molecule has 1 aliphatic carbocycles. The standard InChI is InChI=1S/C14H22N4O2/c1-9-5-13(17-20-9)16-14(19)8-18-6-10-3-2-4-12(15)11(10)7-18/h5,10-12H,2-4,6-8,15H2,1H3,(H,16,17,19). The van der Waals surface area contributed by atoms with Crippen molar-refractivity contribution < 1.29 is 9.32 Å². The van der Waals surface area contributed by atoms with Gasteiger partial charge in [-0.2, -0.15) is 0 Å². The number of nitrogens with two attached hydrogens (primary N) is 1. The Labute approximate surface area is 118 Å². The number of aromatic nitrogens is 1. The van der Waals surface area contributed by atoms with E-state index in [4.69, 9.17) is 10.3 Å². The fourth-order valence-corrected chi connectivity index (χ4v) is 3.55. The zero-order valence-electron chi connectivity index (χ0n) is 11.8. The van der Waals surface area contributed by atoms with Crippen LogP contribution < -0.4 is 11.1 Å². The second-order valence-corrected chi connectivity index (χ2v) is 6.08. The van der Waals surface area contributed by atoms with Gasteiger partial charge in [0.2, 0.25) is 5.91 Å². The van der Waals surface area contributed by atoms with Gasteiger partial charge >= 0.3 is 0 Å². The molecular weight excluding hydrogens is 256 g/mol. The summed E-state index contributed by atoms with van der Waals surface area (Å²) in [6.45, 7) is 4.14. The number of likely N-dealkylation sites (tertiary alicyclic amines) is 1. The third kappa shape index (κ3) is 2.86. The molecule has 0 aromatic carbocycles. The predicted octanol–water partition coefficient (Wildman–Crippen LogP) is 0.981. The van der Waals surface area contributed by atoms with Crippen LogP contribution in [0, 0.1) is 18.8 Å². The number of hydrogen-bond acceptors (Lipinski definition) is 5. The van der Waals surface area contributed by atoms with Crippen LogP contribution in [0.25, 0.3) is 0 Å². The summed E-state index contributed by atoms with van der Waals surface area (Å²) in [5, 5.41) is 6.53. The minimum atomic E-state index is -0.0366. The van der Waals surface area contributed by atoms with Crippen LogP contribution in [0.15, 0.2) is 10.6 Å². The lowest BCUT2D eigenvalue weighted by molar-refractivity contribution is -0.117. The van der Waals surface area contributed by atoms with Crippen LogP contribution in [-0.2, 0) is 4.79 Å². The number of anilines is 1. The number of carbonyl (C=O) groups is 1. The largest absolute Gasteiger partial charge is 0.360 e. The average Bonchev–Trinajstić information content (AvgIpc) is 2.96. The molecule has 110 valence electrons. The molecule has 1 saturated carbocycles. The van der Waals surface area contributed by atoms with Gasteiger partial charge in [0.25, 0.3) is 0 Å². The smallest absolute Gasteiger partial charge is 0.239 e. The third-order valence-electron chi connectivity index (χ3n) is 4.49. The van der Waals surface area contributed by atoms with Gasteiger partial charge in [-0.05, 0) is 31.6 Å². The lowest BCUT2D eigenvalue weighted by atomic mass is 9.78. The van der Waals surface area contributed by atoms with Crippen molar-refractivity contribution in [3.05, 3.63) is 11.8 Å². The SMILES string of the molecule is Cc1cc(NC(=O)CN2CC3CCCC(N)C3C2)no1. The van der Waals surface area contributed by atoms with Crippen molar-refractivity contribution in [2.75, 3.05) is 25.0 Å². The number of aryl methyl sites for hydroxylation is 1. The Hall–Kier alpha value is -1.40. The van der Waals surface area contributed by atoms with Crippen LogP contribution in [0.4, 0.5) is 5.82 Å². The van der Waals surface area contributed by atoms with Crippen LogP contribution in [0.3, 0.4) is 0 Å². The van der Waals surface area contributed by atoms with E-state index < -0.39 is 0 Å². The van der Waals surface area contributed by atoms with E-state index in [1.165, 1.54) is 12.8 Å². The molecule has 1 aromatic rings. The molecule has 2 heterocycles. The predicted molar refractivity (Wildman–Crippen MR) is 75.1 cm³/mol. The van der Waals surface area contributed by atoms with Gasteiger partial charge in [-0.3, -0.25) is 9.69 Å². The van der Waals surface area contributed by atoms with Crippen LogP contribution in [0.5, 0.6) is 0 Å². The van der Waals surface area contributed by atoms with Gasteiger partial charge in [-0.25, -0.2) is 0 Å². The third-order valence-corrected chi connectivity index (χ3v) is 4.49. The molecule has 20 heavy (non-hydrogen) atoms. The van der Waals surface area contributed by atoms with Gasteiger partial charge < -0.3 is 15.6 Å². The lowest BCUT2D eigenvalue weighted by Gasteiger charge is -2.29.